The van der Waals surface area contributed by atoms with Gasteiger partial charge in [0.25, 0.3) is 0 Å². The van der Waals surface area contributed by atoms with Gasteiger partial charge < -0.3 is 14.6 Å². The van der Waals surface area contributed by atoms with Crippen LogP contribution in [0.5, 0.6) is 0 Å². The lowest BCUT2D eigenvalue weighted by atomic mass is 10.2. The van der Waals surface area contributed by atoms with Crippen molar-refractivity contribution < 1.29 is 14.6 Å². The van der Waals surface area contributed by atoms with Gasteiger partial charge in [-0.1, -0.05) is 30.3 Å². The van der Waals surface area contributed by atoms with E-state index in [9.17, 15) is 0 Å². The van der Waals surface area contributed by atoms with E-state index >= 15 is 0 Å². The third kappa shape index (κ3) is 3.87. The Labute approximate surface area is 84.3 Å². The Morgan fingerprint density at radius 2 is 2.00 bits per heavy atom. The molecule has 1 aromatic carbocycles. The molecule has 0 saturated carbocycles. The van der Waals surface area contributed by atoms with Crippen molar-refractivity contribution in [3.05, 3.63) is 35.9 Å². The van der Waals surface area contributed by atoms with Gasteiger partial charge in [-0.25, -0.2) is 0 Å². The Hall–Kier alpha value is -0.900. The Balaban J connectivity index is 2.21. The normalized spacial score (nSPS) is 12.7. The lowest BCUT2D eigenvalue weighted by Gasteiger charge is -2.12. The highest BCUT2D eigenvalue weighted by Crippen LogP contribution is 2.01. The zero-order chi connectivity index (χ0) is 10.2. The summed E-state index contributed by atoms with van der Waals surface area (Å²) >= 11 is 0. The molecule has 1 rings (SSSR count). The van der Waals surface area contributed by atoms with Crippen LogP contribution in [0.2, 0.25) is 0 Å². The molecule has 0 saturated heterocycles. The average Bonchev–Trinajstić information content (AvgIpc) is 2.26. The summed E-state index contributed by atoms with van der Waals surface area (Å²) in [6, 6.07) is 9.91. The molecule has 3 heteroatoms. The van der Waals surface area contributed by atoms with Crippen molar-refractivity contribution >= 4 is 0 Å². The minimum Gasteiger partial charge on any atom is -0.394 e. The first-order valence-electron chi connectivity index (χ1n) is 4.62. The molecule has 1 atom stereocenters. The number of hydrogen-bond acceptors (Lipinski definition) is 3. The van der Waals surface area contributed by atoms with Crippen LogP contribution in [0, 0.1) is 0 Å². The highest BCUT2D eigenvalue weighted by Gasteiger charge is 2.04. The predicted octanol–water partition coefficient (Wildman–Crippen LogP) is 1.21. The largest absolute Gasteiger partial charge is 0.394 e. The van der Waals surface area contributed by atoms with E-state index in [4.69, 9.17) is 14.6 Å². The second-order valence-corrected chi connectivity index (χ2v) is 3.04. The third-order valence-corrected chi connectivity index (χ3v) is 1.95. The molecule has 0 unspecified atom stereocenters. The van der Waals surface area contributed by atoms with Crippen molar-refractivity contribution in [2.24, 2.45) is 0 Å². The SMILES string of the molecule is CO[C@@H](CO)COCc1ccccc1. The molecule has 0 aliphatic carbocycles. The first-order valence-corrected chi connectivity index (χ1v) is 4.62. The molecular formula is C11H16O3. The van der Waals surface area contributed by atoms with Crippen molar-refractivity contribution in [1.82, 2.24) is 0 Å². The van der Waals surface area contributed by atoms with Crippen LogP contribution in [0.4, 0.5) is 0 Å². The molecule has 3 nitrogen and oxygen atoms in total. The molecular weight excluding hydrogens is 180 g/mol. The summed E-state index contributed by atoms with van der Waals surface area (Å²) in [4.78, 5) is 0. The Morgan fingerprint density at radius 3 is 2.57 bits per heavy atom. The summed E-state index contributed by atoms with van der Waals surface area (Å²) in [5.41, 5.74) is 1.13. The molecule has 14 heavy (non-hydrogen) atoms. The average molecular weight is 196 g/mol. The second kappa shape index (κ2) is 6.54. The fourth-order valence-electron chi connectivity index (χ4n) is 1.08. The molecule has 0 bridgehead atoms. The van der Waals surface area contributed by atoms with Crippen molar-refractivity contribution in [2.75, 3.05) is 20.3 Å². The standard InChI is InChI=1S/C11H16O3/c1-13-11(7-12)9-14-8-10-5-3-2-4-6-10/h2-6,11-12H,7-9H2,1H3/t11-/m0/s1. The summed E-state index contributed by atoms with van der Waals surface area (Å²) in [6.45, 7) is 0.966. The van der Waals surface area contributed by atoms with Crippen LogP contribution in [0.3, 0.4) is 0 Å². The number of hydrogen-bond donors (Lipinski definition) is 1. The lowest BCUT2D eigenvalue weighted by molar-refractivity contribution is -0.0248. The minimum atomic E-state index is -0.223. The Kier molecular flexibility index (Phi) is 5.22. The molecule has 0 aliphatic heterocycles. The molecule has 0 fully saturated rings. The number of aliphatic hydroxyl groups excluding tert-OH is 1. The summed E-state index contributed by atoms with van der Waals surface area (Å²) in [5.74, 6) is 0. The molecule has 0 spiro atoms. The van der Waals surface area contributed by atoms with Crippen LogP contribution in [0.25, 0.3) is 0 Å². The van der Waals surface area contributed by atoms with E-state index in [0.29, 0.717) is 13.2 Å². The first kappa shape index (κ1) is 11.2. The smallest absolute Gasteiger partial charge is 0.103 e. The highest BCUT2D eigenvalue weighted by molar-refractivity contribution is 5.13. The number of benzene rings is 1. The Bertz CT molecular complexity index is 232. The van der Waals surface area contributed by atoms with Gasteiger partial charge in [0.1, 0.15) is 6.10 Å². The van der Waals surface area contributed by atoms with Crippen molar-refractivity contribution in [1.29, 1.82) is 0 Å². The van der Waals surface area contributed by atoms with Gasteiger partial charge in [0.15, 0.2) is 0 Å². The number of rotatable bonds is 6. The Morgan fingerprint density at radius 1 is 1.29 bits per heavy atom. The monoisotopic (exact) mass is 196 g/mol. The van der Waals surface area contributed by atoms with Gasteiger partial charge in [0, 0.05) is 7.11 Å². The van der Waals surface area contributed by atoms with Crippen LogP contribution in [0.15, 0.2) is 30.3 Å². The van der Waals surface area contributed by atoms with Gasteiger partial charge in [-0.2, -0.15) is 0 Å². The quantitative estimate of drug-likeness (QED) is 0.743. The van der Waals surface area contributed by atoms with Crippen molar-refractivity contribution in [2.45, 2.75) is 12.7 Å². The molecule has 0 radical (unpaired) electrons. The zero-order valence-corrected chi connectivity index (χ0v) is 8.35. The van der Waals surface area contributed by atoms with Crippen molar-refractivity contribution in [3.8, 4) is 0 Å². The molecule has 0 heterocycles. The van der Waals surface area contributed by atoms with Gasteiger partial charge in [-0.3, -0.25) is 0 Å². The highest BCUT2D eigenvalue weighted by atomic mass is 16.5. The molecule has 1 aromatic rings. The van der Waals surface area contributed by atoms with Crippen LogP contribution < -0.4 is 0 Å². The van der Waals surface area contributed by atoms with E-state index in [0.717, 1.165) is 5.56 Å². The fourth-order valence-corrected chi connectivity index (χ4v) is 1.08. The van der Waals surface area contributed by atoms with Crippen LogP contribution in [0.1, 0.15) is 5.56 Å². The maximum absolute atomic E-state index is 8.82. The summed E-state index contributed by atoms with van der Waals surface area (Å²) in [5, 5.41) is 8.82. The topological polar surface area (TPSA) is 38.7 Å². The van der Waals surface area contributed by atoms with Crippen LogP contribution >= 0.6 is 0 Å². The van der Waals surface area contributed by atoms with Crippen molar-refractivity contribution in [3.63, 3.8) is 0 Å². The number of methoxy groups -OCH3 is 1. The van der Waals surface area contributed by atoms with E-state index in [1.165, 1.54) is 0 Å². The fraction of sp³-hybridized carbons (Fsp3) is 0.455. The van der Waals surface area contributed by atoms with E-state index in [1.54, 1.807) is 7.11 Å². The molecule has 0 amide bonds. The van der Waals surface area contributed by atoms with Crippen LogP contribution in [-0.4, -0.2) is 31.5 Å². The maximum atomic E-state index is 8.82. The van der Waals surface area contributed by atoms with Crippen LogP contribution in [-0.2, 0) is 16.1 Å². The summed E-state index contributed by atoms with van der Waals surface area (Å²) in [7, 11) is 1.56. The van der Waals surface area contributed by atoms with Gasteiger partial charge in [0.05, 0.1) is 19.8 Å². The van der Waals surface area contributed by atoms with Gasteiger partial charge in [0.2, 0.25) is 0 Å². The summed E-state index contributed by atoms with van der Waals surface area (Å²) < 4.78 is 10.3. The number of aliphatic hydroxyl groups is 1. The third-order valence-electron chi connectivity index (χ3n) is 1.95. The van der Waals surface area contributed by atoms with E-state index in [-0.39, 0.29) is 12.7 Å². The van der Waals surface area contributed by atoms with Gasteiger partial charge in [-0.05, 0) is 5.56 Å². The molecule has 0 aromatic heterocycles. The molecule has 1 N–H and O–H groups in total. The molecule has 78 valence electrons. The predicted molar refractivity (Wildman–Crippen MR) is 54.0 cm³/mol. The minimum absolute atomic E-state index is 0.00864. The summed E-state index contributed by atoms with van der Waals surface area (Å²) in [6.07, 6.45) is -0.223. The number of ether oxygens (including phenoxy) is 2. The van der Waals surface area contributed by atoms with E-state index in [1.807, 2.05) is 30.3 Å². The van der Waals surface area contributed by atoms with E-state index < -0.39 is 0 Å². The lowest BCUT2D eigenvalue weighted by Crippen LogP contribution is -2.22. The maximum Gasteiger partial charge on any atom is 0.103 e. The van der Waals surface area contributed by atoms with Gasteiger partial charge >= 0.3 is 0 Å². The first-order chi connectivity index (χ1) is 6.86. The zero-order valence-electron chi connectivity index (χ0n) is 8.35. The van der Waals surface area contributed by atoms with Gasteiger partial charge in [-0.15, -0.1) is 0 Å². The molecule has 0 aliphatic rings. The second-order valence-electron chi connectivity index (χ2n) is 3.04. The van der Waals surface area contributed by atoms with E-state index in [2.05, 4.69) is 0 Å².